The van der Waals surface area contributed by atoms with Gasteiger partial charge in [0.25, 0.3) is 5.56 Å². The molecule has 3 N–H and O–H groups in total. The summed E-state index contributed by atoms with van der Waals surface area (Å²) in [4.78, 5) is 27.3. The summed E-state index contributed by atoms with van der Waals surface area (Å²) in [5, 5.41) is 18.7. The van der Waals surface area contributed by atoms with Crippen LogP contribution < -0.4 is 16.0 Å². The van der Waals surface area contributed by atoms with Crippen LogP contribution in [0, 0.1) is 22.7 Å². The van der Waals surface area contributed by atoms with Crippen molar-refractivity contribution in [3.8, 4) is 29.0 Å². The van der Waals surface area contributed by atoms with E-state index < -0.39 is 11.7 Å². The van der Waals surface area contributed by atoms with Gasteiger partial charge in [-0.05, 0) is 6.07 Å². The third-order valence-corrected chi connectivity index (χ3v) is 3.19. The Morgan fingerprint density at radius 1 is 1.21 bits per heavy atom. The second-order valence-electron chi connectivity index (χ2n) is 4.97. The Kier molecular flexibility index (Phi) is 4.52. The van der Waals surface area contributed by atoms with Crippen molar-refractivity contribution in [2.45, 2.75) is 0 Å². The molecule has 1 amide bonds. The van der Waals surface area contributed by atoms with Crippen LogP contribution >= 0.6 is 0 Å². The van der Waals surface area contributed by atoms with E-state index in [1.54, 1.807) is 18.2 Å². The van der Waals surface area contributed by atoms with E-state index in [0.29, 0.717) is 0 Å². The molecule has 120 valence electrons. The van der Waals surface area contributed by atoms with Crippen molar-refractivity contribution in [1.29, 1.82) is 10.5 Å². The largest absolute Gasteiger partial charge is 0.414 e. The first-order valence-corrected chi connectivity index (χ1v) is 6.75. The number of aromatic amines is 1. The fraction of sp³-hybridized carbons (Fsp3) is 0.125. The zero-order chi connectivity index (χ0) is 17.9. The van der Waals surface area contributed by atoms with Crippen LogP contribution in [0.2, 0.25) is 0 Å². The van der Waals surface area contributed by atoms with Crippen LogP contribution in [0.4, 0.5) is 10.6 Å². The van der Waals surface area contributed by atoms with Gasteiger partial charge >= 0.3 is 6.09 Å². The van der Waals surface area contributed by atoms with Gasteiger partial charge in [-0.25, -0.2) is 4.79 Å². The summed E-state index contributed by atoms with van der Waals surface area (Å²) >= 11 is 0. The van der Waals surface area contributed by atoms with Crippen molar-refractivity contribution in [2.75, 3.05) is 19.8 Å². The van der Waals surface area contributed by atoms with Crippen LogP contribution in [0.1, 0.15) is 11.1 Å². The summed E-state index contributed by atoms with van der Waals surface area (Å²) in [5.74, 6) is -0.0561. The number of nitrogens with two attached hydrogens (primary N) is 1. The molecule has 0 unspecified atom stereocenters. The number of rotatable bonds is 2. The highest BCUT2D eigenvalue weighted by atomic mass is 16.6. The van der Waals surface area contributed by atoms with Gasteiger partial charge in [0, 0.05) is 25.2 Å². The van der Waals surface area contributed by atoms with E-state index in [1.165, 1.54) is 31.1 Å². The summed E-state index contributed by atoms with van der Waals surface area (Å²) in [6.07, 6.45) is -0.641. The molecule has 0 saturated carbocycles. The Labute approximate surface area is 137 Å². The summed E-state index contributed by atoms with van der Waals surface area (Å²) in [5.41, 5.74) is 4.89. The minimum atomic E-state index is -0.724. The number of nitriles is 2. The number of nitrogens with zero attached hydrogens (tertiary/aromatic N) is 3. The van der Waals surface area contributed by atoms with Crippen molar-refractivity contribution in [3.05, 3.63) is 45.7 Å². The van der Waals surface area contributed by atoms with E-state index in [0.717, 1.165) is 0 Å². The summed E-state index contributed by atoms with van der Waals surface area (Å²) in [6, 6.07) is 9.92. The van der Waals surface area contributed by atoms with Gasteiger partial charge in [0.2, 0.25) is 0 Å². The maximum absolute atomic E-state index is 12.0. The van der Waals surface area contributed by atoms with Crippen molar-refractivity contribution in [3.63, 3.8) is 0 Å². The quantitative estimate of drug-likeness (QED) is 0.857. The maximum Gasteiger partial charge on any atom is 0.414 e. The molecule has 0 fully saturated rings. The Hall–Kier alpha value is -3.78. The average molecular weight is 323 g/mol. The molecule has 0 aliphatic rings. The lowest BCUT2D eigenvalue weighted by Gasteiger charge is -2.15. The number of aromatic nitrogens is 1. The molecule has 0 spiro atoms. The van der Waals surface area contributed by atoms with Crippen LogP contribution in [0.15, 0.2) is 29.1 Å². The number of nitrogens with one attached hydrogen (secondary N) is 1. The number of amides is 1. The van der Waals surface area contributed by atoms with Crippen molar-refractivity contribution >= 4 is 11.9 Å². The number of anilines is 1. The number of H-pyrrole nitrogens is 1. The molecule has 0 atom stereocenters. The highest BCUT2D eigenvalue weighted by molar-refractivity contribution is 5.85. The monoisotopic (exact) mass is 323 g/mol. The normalized spacial score (nSPS) is 9.67. The lowest BCUT2D eigenvalue weighted by Crippen LogP contribution is -2.25. The predicted octanol–water partition coefficient (Wildman–Crippen LogP) is 1.43. The number of pyridine rings is 1. The zero-order valence-corrected chi connectivity index (χ0v) is 13.0. The minimum Gasteiger partial charge on any atom is -0.410 e. The van der Waals surface area contributed by atoms with Gasteiger partial charge in [-0.1, -0.05) is 18.2 Å². The number of benzene rings is 1. The number of nitrogen functional groups attached to an aromatic ring is 1. The number of hydrogen-bond acceptors (Lipinski definition) is 6. The summed E-state index contributed by atoms with van der Waals surface area (Å²) in [6.45, 7) is 0. The molecule has 0 bridgehead atoms. The van der Waals surface area contributed by atoms with Crippen LogP contribution in [-0.2, 0) is 0 Å². The number of carbonyl (C=O) groups excluding carboxylic acids is 1. The first kappa shape index (κ1) is 16.6. The molecule has 0 radical (unpaired) electrons. The van der Waals surface area contributed by atoms with Gasteiger partial charge in [-0.3, -0.25) is 4.79 Å². The van der Waals surface area contributed by atoms with Crippen LogP contribution in [0.25, 0.3) is 11.1 Å². The first-order chi connectivity index (χ1) is 11.4. The van der Waals surface area contributed by atoms with Crippen molar-refractivity contribution in [2.24, 2.45) is 0 Å². The fourth-order valence-corrected chi connectivity index (χ4v) is 2.06. The topological polar surface area (TPSA) is 136 Å². The minimum absolute atomic E-state index is 0.0309. The molecule has 2 rings (SSSR count). The SMILES string of the molecule is CN(C)C(=O)Oc1ccccc1-c1c(C#N)c(N)[nH]c(=O)c1C#N. The standard InChI is InChI=1S/C16H13N5O3/c1-21(2)16(23)24-12-6-4-3-5-9(12)13-10(7-17)14(19)20-15(22)11(13)8-18/h3-6H,1-2H3,(H3,19,20,22). The first-order valence-electron chi connectivity index (χ1n) is 6.75. The van der Waals surface area contributed by atoms with Crippen LogP contribution in [-0.4, -0.2) is 30.1 Å². The van der Waals surface area contributed by atoms with Crippen molar-refractivity contribution < 1.29 is 9.53 Å². The summed E-state index contributed by atoms with van der Waals surface area (Å²) < 4.78 is 5.26. The van der Waals surface area contributed by atoms with Gasteiger partial charge in [0.05, 0.1) is 0 Å². The highest BCUT2D eigenvalue weighted by Crippen LogP contribution is 2.35. The Balaban J connectivity index is 2.79. The van der Waals surface area contributed by atoms with E-state index in [4.69, 9.17) is 10.5 Å². The molecular weight excluding hydrogens is 310 g/mol. The van der Waals surface area contributed by atoms with Gasteiger partial charge in [0.15, 0.2) is 0 Å². The molecule has 2 aromatic rings. The summed E-state index contributed by atoms with van der Waals surface area (Å²) in [7, 11) is 3.02. The molecule has 0 aliphatic heterocycles. The molecule has 8 nitrogen and oxygen atoms in total. The molecule has 1 aromatic heterocycles. The van der Waals surface area contributed by atoms with Crippen molar-refractivity contribution in [1.82, 2.24) is 9.88 Å². The molecule has 0 saturated heterocycles. The molecule has 8 heteroatoms. The van der Waals surface area contributed by atoms with E-state index in [-0.39, 0.29) is 33.8 Å². The fourth-order valence-electron chi connectivity index (χ4n) is 2.06. The molecule has 1 heterocycles. The second kappa shape index (κ2) is 6.55. The number of para-hydroxylation sites is 1. The third-order valence-electron chi connectivity index (χ3n) is 3.19. The lowest BCUT2D eigenvalue weighted by atomic mass is 9.96. The van der Waals surface area contributed by atoms with Crippen LogP contribution in [0.5, 0.6) is 5.75 Å². The van der Waals surface area contributed by atoms with E-state index in [9.17, 15) is 20.1 Å². The highest BCUT2D eigenvalue weighted by Gasteiger charge is 2.22. The lowest BCUT2D eigenvalue weighted by molar-refractivity contribution is 0.172. The molecule has 0 aliphatic carbocycles. The number of carbonyl (C=O) groups is 1. The van der Waals surface area contributed by atoms with E-state index in [1.807, 2.05) is 6.07 Å². The van der Waals surface area contributed by atoms with Gasteiger partial charge in [-0.2, -0.15) is 10.5 Å². The zero-order valence-electron chi connectivity index (χ0n) is 13.0. The molecule has 1 aromatic carbocycles. The van der Waals surface area contributed by atoms with Gasteiger partial charge in [0.1, 0.15) is 34.8 Å². The second-order valence-corrected chi connectivity index (χ2v) is 4.97. The average Bonchev–Trinajstić information content (AvgIpc) is 2.54. The Morgan fingerprint density at radius 2 is 1.83 bits per heavy atom. The Bertz CT molecular complexity index is 948. The maximum atomic E-state index is 12.0. The third kappa shape index (κ3) is 2.89. The number of hydrogen-bond donors (Lipinski definition) is 2. The predicted molar refractivity (Wildman–Crippen MR) is 86.1 cm³/mol. The van der Waals surface area contributed by atoms with E-state index in [2.05, 4.69) is 4.98 Å². The van der Waals surface area contributed by atoms with E-state index >= 15 is 0 Å². The van der Waals surface area contributed by atoms with Gasteiger partial charge in [-0.15, -0.1) is 0 Å². The Morgan fingerprint density at radius 3 is 2.42 bits per heavy atom. The number of ether oxygens (including phenoxy) is 1. The van der Waals surface area contributed by atoms with Crippen LogP contribution in [0.3, 0.4) is 0 Å². The molecular formula is C16H13N5O3. The smallest absolute Gasteiger partial charge is 0.410 e. The van der Waals surface area contributed by atoms with Gasteiger partial charge < -0.3 is 20.4 Å². The molecule has 24 heavy (non-hydrogen) atoms.